The smallest absolute Gasteiger partial charge is 0.306 e. The van der Waals surface area contributed by atoms with E-state index >= 15 is 0 Å². The van der Waals surface area contributed by atoms with Crippen LogP contribution in [0.15, 0.2) is 48.6 Å². The van der Waals surface area contributed by atoms with Gasteiger partial charge in [0.2, 0.25) is 0 Å². The molecule has 76 heavy (non-hydrogen) atoms. The zero-order valence-electron chi connectivity index (χ0n) is 51.0. The molecule has 0 aromatic carbocycles. The highest BCUT2D eigenvalue weighted by Crippen LogP contribution is 2.18. The van der Waals surface area contributed by atoms with Crippen LogP contribution < -0.4 is 0 Å². The van der Waals surface area contributed by atoms with Crippen LogP contribution in [0, 0.1) is 0 Å². The summed E-state index contributed by atoms with van der Waals surface area (Å²) in [5, 5.41) is 0. The Bertz CT molecular complexity index is 1310. The number of esters is 3. The summed E-state index contributed by atoms with van der Waals surface area (Å²) in [6.45, 7) is 6.67. The molecule has 6 heteroatoms. The minimum atomic E-state index is -0.783. The Kier molecular flexibility index (Phi) is 62.6. The molecule has 0 bridgehead atoms. The van der Waals surface area contributed by atoms with Gasteiger partial charge in [-0.2, -0.15) is 0 Å². The maximum Gasteiger partial charge on any atom is 0.306 e. The normalized spacial score (nSPS) is 12.3. The molecule has 444 valence electrons. The van der Waals surface area contributed by atoms with Crippen LogP contribution in [0.2, 0.25) is 0 Å². The fourth-order valence-electron chi connectivity index (χ4n) is 9.98. The van der Waals surface area contributed by atoms with Gasteiger partial charge in [-0.25, -0.2) is 0 Å². The Balaban J connectivity index is 4.34. The maximum atomic E-state index is 12.9. The lowest BCUT2D eigenvalue weighted by Crippen LogP contribution is -2.30. The van der Waals surface area contributed by atoms with Gasteiger partial charge in [0, 0.05) is 19.3 Å². The van der Waals surface area contributed by atoms with Crippen molar-refractivity contribution in [3.8, 4) is 0 Å². The number of ether oxygens (including phenoxy) is 3. The zero-order valence-corrected chi connectivity index (χ0v) is 51.0. The summed E-state index contributed by atoms with van der Waals surface area (Å²) in [4.78, 5) is 38.4. The number of carbonyl (C=O) groups is 3. The molecule has 6 nitrogen and oxygen atoms in total. The van der Waals surface area contributed by atoms with E-state index in [1.54, 1.807) is 0 Å². The summed E-state index contributed by atoms with van der Waals surface area (Å²) in [6, 6.07) is 0. The van der Waals surface area contributed by atoms with E-state index in [-0.39, 0.29) is 31.1 Å². The van der Waals surface area contributed by atoms with Gasteiger partial charge < -0.3 is 14.2 Å². The van der Waals surface area contributed by atoms with E-state index in [9.17, 15) is 14.4 Å². The monoisotopic (exact) mass is 1060 g/mol. The lowest BCUT2D eigenvalue weighted by molar-refractivity contribution is -0.167. The van der Waals surface area contributed by atoms with Gasteiger partial charge in [-0.15, -0.1) is 0 Å². The highest BCUT2D eigenvalue weighted by atomic mass is 16.6. The van der Waals surface area contributed by atoms with Gasteiger partial charge in [-0.3, -0.25) is 14.4 Å². The number of unbranched alkanes of at least 4 members (excludes halogenated alkanes) is 43. The number of allylic oxidation sites excluding steroid dienone is 8. The van der Waals surface area contributed by atoms with Crippen LogP contribution >= 0.6 is 0 Å². The van der Waals surface area contributed by atoms with Crippen molar-refractivity contribution in [1.29, 1.82) is 0 Å². The van der Waals surface area contributed by atoms with E-state index in [4.69, 9.17) is 14.2 Å². The first-order chi connectivity index (χ1) is 37.5. The minimum Gasteiger partial charge on any atom is -0.462 e. The molecule has 0 heterocycles. The summed E-state index contributed by atoms with van der Waals surface area (Å²) in [5.74, 6) is -0.876. The zero-order chi connectivity index (χ0) is 55.0. The second-order valence-corrected chi connectivity index (χ2v) is 22.7. The van der Waals surface area contributed by atoms with Gasteiger partial charge in [0.1, 0.15) is 13.2 Å². The van der Waals surface area contributed by atoms with Crippen molar-refractivity contribution in [2.45, 2.75) is 367 Å². The van der Waals surface area contributed by atoms with Gasteiger partial charge in [-0.05, 0) is 83.5 Å². The number of carbonyl (C=O) groups excluding carboxylic acids is 3. The predicted molar refractivity (Wildman–Crippen MR) is 330 cm³/mol. The third-order valence-corrected chi connectivity index (χ3v) is 15.1. The van der Waals surface area contributed by atoms with Crippen LogP contribution in [0.1, 0.15) is 361 Å². The van der Waals surface area contributed by atoms with Crippen molar-refractivity contribution in [3.05, 3.63) is 48.6 Å². The second-order valence-electron chi connectivity index (χ2n) is 22.7. The topological polar surface area (TPSA) is 78.9 Å². The molecule has 0 N–H and O–H groups in total. The maximum absolute atomic E-state index is 12.9. The molecule has 1 unspecified atom stereocenters. The van der Waals surface area contributed by atoms with Gasteiger partial charge >= 0.3 is 17.9 Å². The molecular formula is C70H128O6. The van der Waals surface area contributed by atoms with E-state index in [1.165, 1.54) is 238 Å². The van der Waals surface area contributed by atoms with Crippen LogP contribution in [0.25, 0.3) is 0 Å². The third kappa shape index (κ3) is 62.2. The Morgan fingerprint density at radius 1 is 0.263 bits per heavy atom. The number of rotatable bonds is 62. The summed E-state index contributed by atoms with van der Waals surface area (Å²) < 4.78 is 17.0. The van der Waals surface area contributed by atoms with Crippen LogP contribution in [0.5, 0.6) is 0 Å². The van der Waals surface area contributed by atoms with Crippen molar-refractivity contribution in [3.63, 3.8) is 0 Å². The quantitative estimate of drug-likeness (QED) is 0.0261. The standard InChI is InChI=1S/C70H128O6/c1-4-7-10-13-16-19-22-25-28-30-32-34-36-37-39-42-45-48-51-54-57-60-63-69(72)75-66-67(65-74-68(71)62-59-56-53-50-47-44-41-27-24-21-18-15-12-9-6-3)76-70(73)64-61-58-55-52-49-46-43-40-38-35-33-31-29-26-23-20-17-14-11-8-5-2/h23,26-27,31,33,38,40-41,67H,4-22,24-25,28-30,32,34-37,39,42-66H2,1-3H3/b26-23-,33-31-,40-38-,41-27-. The molecule has 0 saturated carbocycles. The summed E-state index contributed by atoms with van der Waals surface area (Å²) in [7, 11) is 0. The van der Waals surface area contributed by atoms with Crippen LogP contribution in [-0.4, -0.2) is 37.2 Å². The van der Waals surface area contributed by atoms with Crippen molar-refractivity contribution >= 4 is 17.9 Å². The summed E-state index contributed by atoms with van der Waals surface area (Å²) >= 11 is 0. The molecule has 0 spiro atoms. The van der Waals surface area contributed by atoms with E-state index in [0.29, 0.717) is 19.3 Å². The molecule has 0 aliphatic heterocycles. The molecule has 0 rings (SSSR count). The first-order valence-corrected chi connectivity index (χ1v) is 33.6. The highest BCUT2D eigenvalue weighted by molar-refractivity contribution is 5.71. The van der Waals surface area contributed by atoms with Crippen LogP contribution in [0.3, 0.4) is 0 Å². The van der Waals surface area contributed by atoms with Crippen molar-refractivity contribution in [2.24, 2.45) is 0 Å². The first-order valence-electron chi connectivity index (χ1n) is 33.6. The Labute approximate surface area is 473 Å². The molecule has 0 saturated heterocycles. The molecule has 0 aromatic rings. The van der Waals surface area contributed by atoms with Crippen LogP contribution in [0.4, 0.5) is 0 Å². The van der Waals surface area contributed by atoms with Gasteiger partial charge in [-0.1, -0.05) is 307 Å². The molecule has 0 radical (unpaired) electrons. The second kappa shape index (κ2) is 64.9. The van der Waals surface area contributed by atoms with Gasteiger partial charge in [0.25, 0.3) is 0 Å². The fraction of sp³-hybridized carbons (Fsp3) is 0.843. The highest BCUT2D eigenvalue weighted by Gasteiger charge is 2.19. The predicted octanol–water partition coefficient (Wildman–Crippen LogP) is 22.9. The van der Waals surface area contributed by atoms with E-state index in [2.05, 4.69) is 69.4 Å². The molecule has 0 aliphatic carbocycles. The van der Waals surface area contributed by atoms with Crippen molar-refractivity contribution < 1.29 is 28.6 Å². The van der Waals surface area contributed by atoms with Crippen LogP contribution in [-0.2, 0) is 28.6 Å². The van der Waals surface area contributed by atoms with E-state index < -0.39 is 6.10 Å². The Morgan fingerprint density at radius 3 is 0.750 bits per heavy atom. The fourth-order valence-corrected chi connectivity index (χ4v) is 9.98. The largest absolute Gasteiger partial charge is 0.462 e. The Hall–Kier alpha value is -2.63. The molecular weight excluding hydrogens is 937 g/mol. The van der Waals surface area contributed by atoms with Gasteiger partial charge in [0.15, 0.2) is 6.10 Å². The molecule has 0 fully saturated rings. The third-order valence-electron chi connectivity index (χ3n) is 15.1. The first kappa shape index (κ1) is 73.4. The Morgan fingerprint density at radius 2 is 0.474 bits per heavy atom. The van der Waals surface area contributed by atoms with Crippen molar-refractivity contribution in [2.75, 3.05) is 13.2 Å². The van der Waals surface area contributed by atoms with Gasteiger partial charge in [0.05, 0.1) is 0 Å². The molecule has 0 aliphatic rings. The average Bonchev–Trinajstić information content (AvgIpc) is 3.42. The SMILES string of the molecule is CCCCCCC/C=C\C/C=C\C/C=C\CCCCCCCCC(=O)OC(COC(=O)CCCCCCC/C=C\CCCCCCCC)COC(=O)CCCCCCCCCCCCCCCCCCCCCCCC. The molecule has 1 atom stereocenters. The number of hydrogen-bond acceptors (Lipinski definition) is 6. The average molecular weight is 1070 g/mol. The summed E-state index contributed by atoms with van der Waals surface area (Å²) in [6.07, 6.45) is 81.2. The van der Waals surface area contributed by atoms with E-state index in [0.717, 1.165) is 83.5 Å². The number of hydrogen-bond donors (Lipinski definition) is 0. The minimum absolute atomic E-state index is 0.0774. The summed E-state index contributed by atoms with van der Waals surface area (Å²) in [5.41, 5.74) is 0. The molecule has 0 aromatic heterocycles. The molecule has 0 amide bonds. The lowest BCUT2D eigenvalue weighted by atomic mass is 10.0. The lowest BCUT2D eigenvalue weighted by Gasteiger charge is -2.18. The van der Waals surface area contributed by atoms with Crippen molar-refractivity contribution in [1.82, 2.24) is 0 Å². The van der Waals surface area contributed by atoms with E-state index in [1.807, 2.05) is 0 Å².